The lowest BCUT2D eigenvalue weighted by atomic mass is 9.43. The number of rotatable bonds is 10. The molecule has 4 fully saturated rings. The molecule has 2 aromatic carbocycles. The van der Waals surface area contributed by atoms with E-state index in [0.29, 0.717) is 24.7 Å². The van der Waals surface area contributed by atoms with Gasteiger partial charge in [-0.3, -0.25) is 9.59 Å². The number of carbonyl (C=O) groups excluding carboxylic acids is 2. The summed E-state index contributed by atoms with van der Waals surface area (Å²) in [4.78, 5) is 27.1. The van der Waals surface area contributed by atoms with Crippen molar-refractivity contribution in [2.24, 2.45) is 23.2 Å². The van der Waals surface area contributed by atoms with Crippen LogP contribution in [0, 0.1) is 29.0 Å². The van der Waals surface area contributed by atoms with Crippen molar-refractivity contribution in [1.29, 1.82) is 0 Å². The molecular formula is C32H44BClFN3O4. The summed E-state index contributed by atoms with van der Waals surface area (Å²) in [5, 5.41) is 6.16. The molecule has 2 aromatic rings. The predicted octanol–water partition coefficient (Wildman–Crippen LogP) is 0.639. The molecule has 3 saturated carbocycles. The molecule has 228 valence electrons. The van der Waals surface area contributed by atoms with E-state index in [4.69, 9.17) is 9.31 Å². The average Bonchev–Trinajstić information content (AvgIpc) is 3.32. The van der Waals surface area contributed by atoms with Crippen LogP contribution in [0.4, 0.5) is 4.39 Å². The maximum absolute atomic E-state index is 13.9. The van der Waals surface area contributed by atoms with Crippen LogP contribution in [0.3, 0.4) is 0 Å². The van der Waals surface area contributed by atoms with Crippen LogP contribution in [0.15, 0.2) is 54.6 Å². The number of carbonyl (C=O) groups is 2. The fraction of sp³-hybridized carbons (Fsp3) is 0.562. The van der Waals surface area contributed by atoms with Gasteiger partial charge in [0, 0.05) is 6.42 Å². The van der Waals surface area contributed by atoms with E-state index in [1.165, 1.54) is 12.1 Å². The van der Waals surface area contributed by atoms with Crippen molar-refractivity contribution < 1.29 is 41.4 Å². The van der Waals surface area contributed by atoms with Gasteiger partial charge in [-0.2, -0.15) is 0 Å². The molecule has 10 heteroatoms. The molecule has 1 saturated heterocycles. The van der Waals surface area contributed by atoms with Gasteiger partial charge in [-0.1, -0.05) is 76.6 Å². The molecule has 0 spiro atoms. The molecule has 6 rings (SSSR count). The van der Waals surface area contributed by atoms with Crippen LogP contribution < -0.4 is 28.8 Å². The Kier molecular flexibility index (Phi) is 9.77. The highest BCUT2D eigenvalue weighted by molar-refractivity contribution is 6.47. The van der Waals surface area contributed by atoms with Crippen LogP contribution in [-0.4, -0.2) is 42.7 Å². The van der Waals surface area contributed by atoms with E-state index in [1.807, 2.05) is 44.2 Å². The number of hydrogen-bond donors (Lipinski definition) is 3. The lowest BCUT2D eigenvalue weighted by Gasteiger charge is -2.64. The summed E-state index contributed by atoms with van der Waals surface area (Å²) in [6, 6.07) is 14.4. The first kappa shape index (κ1) is 32.5. The number of hydrogen-bond acceptors (Lipinski definition) is 4. The lowest BCUT2D eigenvalue weighted by molar-refractivity contribution is -0.403. The first-order valence-electron chi connectivity index (χ1n) is 15.0. The number of nitrogens with one attached hydrogen (secondary N) is 2. The number of benzene rings is 2. The molecular weight excluding hydrogens is 556 g/mol. The third-order valence-electron chi connectivity index (χ3n) is 10.3. The Labute approximate surface area is 255 Å². The summed E-state index contributed by atoms with van der Waals surface area (Å²) in [6.07, 6.45) is 3.12. The summed E-state index contributed by atoms with van der Waals surface area (Å²) < 4.78 is 26.7. The van der Waals surface area contributed by atoms with Gasteiger partial charge in [0.15, 0.2) is 6.04 Å². The van der Waals surface area contributed by atoms with Gasteiger partial charge in [-0.05, 0) is 66.2 Å². The van der Waals surface area contributed by atoms with E-state index < -0.39 is 30.7 Å². The van der Waals surface area contributed by atoms with Gasteiger partial charge in [-0.25, -0.2) is 4.39 Å². The van der Waals surface area contributed by atoms with Crippen LogP contribution >= 0.6 is 0 Å². The van der Waals surface area contributed by atoms with Crippen LogP contribution in [-0.2, 0) is 25.3 Å². The van der Waals surface area contributed by atoms with Crippen LogP contribution in [0.5, 0.6) is 0 Å². The summed E-state index contributed by atoms with van der Waals surface area (Å²) in [6.45, 7) is 10.8. The normalized spacial score (nSPS) is 28.3. The largest absolute Gasteiger partial charge is 1.00 e. The number of amides is 2. The molecule has 7 nitrogen and oxygen atoms in total. The van der Waals surface area contributed by atoms with Gasteiger partial charge in [0.25, 0.3) is 5.91 Å². The van der Waals surface area contributed by atoms with E-state index >= 15 is 0 Å². The van der Waals surface area contributed by atoms with Crippen molar-refractivity contribution in [3.05, 3.63) is 71.5 Å². The Balaban J connectivity index is 0.00000405. The molecule has 42 heavy (non-hydrogen) atoms. The van der Waals surface area contributed by atoms with Crippen molar-refractivity contribution in [3.63, 3.8) is 0 Å². The third kappa shape index (κ3) is 6.12. The topological polar surface area (TPSA) is 104 Å². The first-order chi connectivity index (χ1) is 19.4. The minimum absolute atomic E-state index is 0. The Morgan fingerprint density at radius 1 is 1.05 bits per heavy atom. The summed E-state index contributed by atoms with van der Waals surface area (Å²) >= 11 is 0. The van der Waals surface area contributed by atoms with E-state index in [0.717, 1.165) is 24.0 Å². The second-order valence-corrected chi connectivity index (χ2v) is 13.1. The Morgan fingerprint density at radius 2 is 1.71 bits per heavy atom. The van der Waals surface area contributed by atoms with Crippen molar-refractivity contribution in [3.8, 4) is 0 Å². The van der Waals surface area contributed by atoms with Gasteiger partial charge in [0.05, 0.1) is 17.6 Å². The smallest absolute Gasteiger partial charge is 0.486 e. The quantitative estimate of drug-likeness (QED) is 0.349. The second kappa shape index (κ2) is 12.6. The highest BCUT2D eigenvalue weighted by Crippen LogP contribution is 2.66. The van der Waals surface area contributed by atoms with Gasteiger partial charge in [0.2, 0.25) is 5.91 Å². The first-order valence-corrected chi connectivity index (χ1v) is 15.0. The Bertz CT molecular complexity index is 1250. The molecule has 5 N–H and O–H groups in total. The van der Waals surface area contributed by atoms with E-state index in [9.17, 15) is 14.0 Å². The molecule has 0 radical (unpaired) electrons. The van der Waals surface area contributed by atoms with E-state index in [-0.39, 0.29) is 47.5 Å². The fourth-order valence-electron chi connectivity index (χ4n) is 7.22. The molecule has 2 amide bonds. The minimum atomic E-state index is -0.762. The van der Waals surface area contributed by atoms with E-state index in [2.05, 4.69) is 37.1 Å². The average molecular weight is 600 g/mol. The highest BCUT2D eigenvalue weighted by atomic mass is 35.5. The molecule has 2 bridgehead atoms. The monoisotopic (exact) mass is 599 g/mol. The SMILES string of the molecule is CCC(C)[C@H](NC(=O)[C@H]([NH3+])Cc1ccc(F)cc1)C(=O)N[C@H](B1O[C@H]2C[C@H]3C[C@H](C3(C)C)[C@@]2(C)O1)c1ccccc1.[Cl-]. The molecule has 1 aliphatic heterocycles. The zero-order valence-corrected chi connectivity index (χ0v) is 26.0. The van der Waals surface area contributed by atoms with Crippen LogP contribution in [0.25, 0.3) is 0 Å². The van der Waals surface area contributed by atoms with Crippen LogP contribution in [0.1, 0.15) is 70.9 Å². The van der Waals surface area contributed by atoms with E-state index in [1.54, 1.807) is 12.1 Å². The second-order valence-electron chi connectivity index (χ2n) is 13.1. The van der Waals surface area contributed by atoms with Gasteiger partial charge < -0.3 is 38.1 Å². The summed E-state index contributed by atoms with van der Waals surface area (Å²) in [7, 11) is -0.640. The van der Waals surface area contributed by atoms with Crippen molar-refractivity contribution in [2.75, 3.05) is 0 Å². The molecule has 0 aromatic heterocycles. The molecule has 8 atom stereocenters. The highest BCUT2D eigenvalue weighted by Gasteiger charge is 2.68. The standard InChI is InChI=1S/C32H43BFN3O4.ClH/c1-6-19(2)27(36-29(38)24(35)16-20-12-14-23(34)15-13-20)30(39)37-28(21-10-8-7-9-11-21)33-40-26-18-22-17-25(31(22,3)4)32(26,5)41-33;/h7-15,19,22,24-28H,6,16-18,35H2,1-5H3,(H,36,38)(H,37,39);1H/t19?,22-,24-,25-,26+,27+,28+,32-;/m1./s1. The molecule has 1 unspecified atom stereocenters. The molecule has 1 heterocycles. The summed E-state index contributed by atoms with van der Waals surface area (Å²) in [5.41, 5.74) is 5.51. The number of halogens is 2. The predicted molar refractivity (Wildman–Crippen MR) is 156 cm³/mol. The number of quaternary nitrogens is 1. The Hall–Kier alpha value is -2.46. The van der Waals surface area contributed by atoms with Crippen molar-refractivity contribution in [2.45, 2.75) is 90.0 Å². The van der Waals surface area contributed by atoms with Crippen molar-refractivity contribution in [1.82, 2.24) is 10.6 Å². The zero-order chi connectivity index (χ0) is 29.5. The molecule has 3 aliphatic carbocycles. The van der Waals surface area contributed by atoms with Gasteiger partial charge in [0.1, 0.15) is 11.9 Å². The van der Waals surface area contributed by atoms with Gasteiger partial charge in [-0.15, -0.1) is 0 Å². The zero-order valence-electron chi connectivity index (χ0n) is 25.2. The summed E-state index contributed by atoms with van der Waals surface area (Å²) in [5.74, 6) is -0.570. The third-order valence-corrected chi connectivity index (χ3v) is 10.3. The van der Waals surface area contributed by atoms with Gasteiger partial charge >= 0.3 is 7.12 Å². The lowest BCUT2D eigenvalue weighted by Crippen LogP contribution is -3.00. The molecule has 4 aliphatic rings. The van der Waals surface area contributed by atoms with Crippen LogP contribution in [0.2, 0.25) is 0 Å². The van der Waals surface area contributed by atoms with Crippen molar-refractivity contribution >= 4 is 18.9 Å². The maximum Gasteiger partial charge on any atom is 0.486 e. The minimum Gasteiger partial charge on any atom is -1.00 e. The maximum atomic E-state index is 13.9. The fourth-order valence-corrected chi connectivity index (χ4v) is 7.22. The Morgan fingerprint density at radius 3 is 2.33 bits per heavy atom.